The largest absolute Gasteiger partial charge is 0.445 e. The molecule has 9 nitrogen and oxygen atoms in total. The standard InChI is InChI=1S/C28H29N7O2/c29-26-25-24(23-14-21-8-4-5-9-22(21)33-23)34-27(35(25)32-17-31-26)20-12-10-18(11-13-20)15-30-28(36)37-16-19-6-2-1-3-7-19/h1-9,14,17-18,20,33H,10-13,15-16H2,(H,30,36)(H2,29,31,32). The molecule has 3 aromatic heterocycles. The Morgan fingerprint density at radius 2 is 1.86 bits per heavy atom. The van der Waals surface area contributed by atoms with Gasteiger partial charge in [0.1, 0.15) is 30.0 Å². The Morgan fingerprint density at radius 3 is 2.68 bits per heavy atom. The summed E-state index contributed by atoms with van der Waals surface area (Å²) in [6.45, 7) is 0.883. The molecular weight excluding hydrogens is 466 g/mol. The Morgan fingerprint density at radius 1 is 1.08 bits per heavy atom. The van der Waals surface area contributed by atoms with Crippen LogP contribution >= 0.6 is 0 Å². The number of rotatable bonds is 6. The minimum absolute atomic E-state index is 0.251. The van der Waals surface area contributed by atoms with Crippen molar-refractivity contribution in [3.05, 3.63) is 78.4 Å². The molecule has 4 N–H and O–H groups in total. The predicted molar refractivity (Wildman–Crippen MR) is 142 cm³/mol. The van der Waals surface area contributed by atoms with Crippen molar-refractivity contribution in [3.63, 3.8) is 0 Å². The number of H-pyrrole nitrogens is 1. The number of fused-ring (bicyclic) bond motifs is 2. The van der Waals surface area contributed by atoms with Crippen LogP contribution < -0.4 is 11.1 Å². The molecule has 0 aliphatic heterocycles. The topological polar surface area (TPSA) is 123 Å². The highest BCUT2D eigenvalue weighted by molar-refractivity contribution is 5.91. The maximum absolute atomic E-state index is 12.1. The Balaban J connectivity index is 1.13. The number of carbonyl (C=O) groups is 1. The molecule has 0 atom stereocenters. The van der Waals surface area contributed by atoms with Gasteiger partial charge in [0.15, 0.2) is 5.82 Å². The maximum atomic E-state index is 12.1. The lowest BCUT2D eigenvalue weighted by molar-refractivity contribution is 0.136. The minimum atomic E-state index is -0.375. The van der Waals surface area contributed by atoms with Gasteiger partial charge in [0, 0.05) is 23.4 Å². The third kappa shape index (κ3) is 4.72. The van der Waals surface area contributed by atoms with Gasteiger partial charge in [-0.3, -0.25) is 0 Å². The first kappa shape index (κ1) is 23.0. The fraction of sp³-hybridized carbons (Fsp3) is 0.286. The highest BCUT2D eigenvalue weighted by atomic mass is 16.5. The molecule has 0 spiro atoms. The third-order valence-corrected chi connectivity index (χ3v) is 7.23. The number of hydrogen-bond donors (Lipinski definition) is 3. The second-order valence-electron chi connectivity index (χ2n) is 9.65. The summed E-state index contributed by atoms with van der Waals surface area (Å²) in [5.41, 5.74) is 10.7. The van der Waals surface area contributed by atoms with Crippen LogP contribution in [-0.4, -0.2) is 37.2 Å². The number of anilines is 1. The molecule has 0 radical (unpaired) electrons. The van der Waals surface area contributed by atoms with Gasteiger partial charge in [0.2, 0.25) is 0 Å². The van der Waals surface area contributed by atoms with Crippen LogP contribution in [0.25, 0.3) is 27.8 Å². The molecule has 0 saturated heterocycles. The number of aromatic amines is 1. The number of ether oxygens (including phenoxy) is 1. The maximum Gasteiger partial charge on any atom is 0.407 e. The van der Waals surface area contributed by atoms with E-state index in [-0.39, 0.29) is 18.6 Å². The van der Waals surface area contributed by atoms with E-state index in [0.717, 1.165) is 64.9 Å². The Hall–Kier alpha value is -4.40. The summed E-state index contributed by atoms with van der Waals surface area (Å²) in [5.74, 6) is 1.97. The summed E-state index contributed by atoms with van der Waals surface area (Å²) in [6.07, 6.45) is 5.00. The second-order valence-corrected chi connectivity index (χ2v) is 9.65. The van der Waals surface area contributed by atoms with Gasteiger partial charge in [-0.2, -0.15) is 5.10 Å². The monoisotopic (exact) mass is 495 g/mol. The number of nitrogen functional groups attached to an aromatic ring is 1. The molecule has 37 heavy (non-hydrogen) atoms. The van der Waals surface area contributed by atoms with E-state index >= 15 is 0 Å². The van der Waals surface area contributed by atoms with E-state index in [2.05, 4.69) is 32.5 Å². The van der Waals surface area contributed by atoms with Crippen LogP contribution in [0.15, 0.2) is 67.0 Å². The number of benzene rings is 2. The van der Waals surface area contributed by atoms with Crippen molar-refractivity contribution in [1.82, 2.24) is 29.9 Å². The van der Waals surface area contributed by atoms with Gasteiger partial charge in [-0.15, -0.1) is 0 Å². The fourth-order valence-corrected chi connectivity index (χ4v) is 5.26. The molecule has 3 heterocycles. The van der Waals surface area contributed by atoms with Gasteiger partial charge in [-0.05, 0) is 49.3 Å². The first-order chi connectivity index (χ1) is 18.2. The molecule has 9 heteroatoms. The average molecular weight is 496 g/mol. The SMILES string of the molecule is Nc1ncnn2c(C3CCC(CNC(=O)OCc4ccccc4)CC3)nc(-c3cc4ccccc4[nH]3)c12. The average Bonchev–Trinajstić information content (AvgIpc) is 3.54. The Bertz CT molecular complexity index is 1500. The number of nitrogens with zero attached hydrogens (tertiary/aromatic N) is 4. The van der Waals surface area contributed by atoms with E-state index in [0.29, 0.717) is 18.3 Å². The number of nitrogens with two attached hydrogens (primary N) is 1. The lowest BCUT2D eigenvalue weighted by Gasteiger charge is -2.27. The zero-order valence-electron chi connectivity index (χ0n) is 20.4. The number of para-hydroxylation sites is 1. The highest BCUT2D eigenvalue weighted by Crippen LogP contribution is 2.38. The van der Waals surface area contributed by atoms with Crippen molar-refractivity contribution < 1.29 is 9.53 Å². The summed E-state index contributed by atoms with van der Waals surface area (Å²) in [5, 5.41) is 8.56. The molecule has 0 bridgehead atoms. The van der Waals surface area contributed by atoms with Gasteiger partial charge in [-0.1, -0.05) is 48.5 Å². The first-order valence-corrected chi connectivity index (χ1v) is 12.7. The van der Waals surface area contributed by atoms with E-state index in [1.807, 2.05) is 53.0 Å². The summed E-state index contributed by atoms with van der Waals surface area (Å²) < 4.78 is 7.20. The van der Waals surface area contributed by atoms with E-state index in [1.54, 1.807) is 0 Å². The lowest BCUT2D eigenvalue weighted by atomic mass is 9.81. The van der Waals surface area contributed by atoms with Crippen LogP contribution in [0.5, 0.6) is 0 Å². The quantitative estimate of drug-likeness (QED) is 0.303. The highest BCUT2D eigenvalue weighted by Gasteiger charge is 2.28. The number of aromatic nitrogens is 5. The van der Waals surface area contributed by atoms with E-state index in [1.165, 1.54) is 6.33 Å². The zero-order chi connectivity index (χ0) is 25.2. The molecule has 0 unspecified atom stereocenters. The third-order valence-electron chi connectivity index (χ3n) is 7.23. The van der Waals surface area contributed by atoms with Crippen LogP contribution in [-0.2, 0) is 11.3 Å². The molecule has 6 rings (SSSR count). The van der Waals surface area contributed by atoms with Crippen molar-refractivity contribution in [2.75, 3.05) is 12.3 Å². The number of hydrogen-bond acceptors (Lipinski definition) is 6. The van der Waals surface area contributed by atoms with Gasteiger partial charge < -0.3 is 20.8 Å². The van der Waals surface area contributed by atoms with Crippen LogP contribution in [0.1, 0.15) is 43.0 Å². The van der Waals surface area contributed by atoms with Crippen molar-refractivity contribution in [2.24, 2.45) is 5.92 Å². The lowest BCUT2D eigenvalue weighted by Crippen LogP contribution is -2.31. The smallest absolute Gasteiger partial charge is 0.407 e. The summed E-state index contributed by atoms with van der Waals surface area (Å²) in [7, 11) is 0. The Kier molecular flexibility index (Phi) is 6.18. The van der Waals surface area contributed by atoms with Gasteiger partial charge in [0.05, 0.1) is 5.69 Å². The summed E-state index contributed by atoms with van der Waals surface area (Å²) in [4.78, 5) is 24.9. The fourth-order valence-electron chi connectivity index (χ4n) is 5.26. The number of nitrogens with one attached hydrogen (secondary N) is 2. The predicted octanol–water partition coefficient (Wildman–Crippen LogP) is 5.06. The van der Waals surface area contributed by atoms with E-state index < -0.39 is 0 Å². The molecule has 1 saturated carbocycles. The molecule has 188 valence electrons. The number of carbonyl (C=O) groups excluding carboxylic acids is 1. The van der Waals surface area contributed by atoms with E-state index in [4.69, 9.17) is 15.5 Å². The molecule has 1 amide bonds. The Labute approximate surface area is 214 Å². The van der Waals surface area contributed by atoms with Crippen LogP contribution in [0.4, 0.5) is 10.6 Å². The molecule has 1 fully saturated rings. The van der Waals surface area contributed by atoms with Crippen molar-refractivity contribution in [2.45, 2.75) is 38.2 Å². The summed E-state index contributed by atoms with van der Waals surface area (Å²) >= 11 is 0. The second kappa shape index (κ2) is 9.93. The van der Waals surface area contributed by atoms with Gasteiger partial charge >= 0.3 is 6.09 Å². The molecule has 1 aliphatic rings. The number of alkyl carbamates (subject to hydrolysis) is 1. The van der Waals surface area contributed by atoms with Crippen molar-refractivity contribution >= 4 is 28.3 Å². The van der Waals surface area contributed by atoms with Crippen molar-refractivity contribution in [1.29, 1.82) is 0 Å². The zero-order valence-corrected chi connectivity index (χ0v) is 20.4. The summed E-state index contributed by atoms with van der Waals surface area (Å²) in [6, 6.07) is 19.9. The first-order valence-electron chi connectivity index (χ1n) is 12.7. The van der Waals surface area contributed by atoms with Crippen LogP contribution in [0.3, 0.4) is 0 Å². The normalized spacial score (nSPS) is 17.7. The van der Waals surface area contributed by atoms with Gasteiger partial charge in [0.25, 0.3) is 0 Å². The minimum Gasteiger partial charge on any atom is -0.445 e. The molecular formula is C28H29N7O2. The molecule has 5 aromatic rings. The van der Waals surface area contributed by atoms with Crippen molar-refractivity contribution in [3.8, 4) is 11.4 Å². The number of amides is 1. The number of imidazole rings is 1. The van der Waals surface area contributed by atoms with Crippen LogP contribution in [0, 0.1) is 5.92 Å². The van der Waals surface area contributed by atoms with E-state index in [9.17, 15) is 4.79 Å². The molecule has 1 aliphatic carbocycles. The van der Waals surface area contributed by atoms with Crippen LogP contribution in [0.2, 0.25) is 0 Å². The molecule has 2 aromatic carbocycles. The van der Waals surface area contributed by atoms with Gasteiger partial charge in [-0.25, -0.2) is 19.3 Å².